The van der Waals surface area contributed by atoms with E-state index in [2.05, 4.69) is 24.1 Å². The predicted molar refractivity (Wildman–Crippen MR) is 77.2 cm³/mol. The topological polar surface area (TPSA) is 78.6 Å². The predicted octanol–water partition coefficient (Wildman–Crippen LogP) is 0.900. The number of rotatable bonds is 8. The van der Waals surface area contributed by atoms with Crippen LogP contribution < -0.4 is 11.1 Å². The minimum atomic E-state index is -0.437. The molecule has 4 N–H and O–H groups in total. The van der Waals surface area contributed by atoms with Crippen LogP contribution in [0.2, 0.25) is 0 Å². The van der Waals surface area contributed by atoms with E-state index in [0.29, 0.717) is 18.7 Å². The summed E-state index contributed by atoms with van der Waals surface area (Å²) in [6, 6.07) is 6.90. The lowest BCUT2D eigenvalue weighted by molar-refractivity contribution is 0.1000. The van der Waals surface area contributed by atoms with Crippen molar-refractivity contribution in [1.29, 1.82) is 0 Å². The van der Waals surface area contributed by atoms with Gasteiger partial charge in [0.05, 0.1) is 6.10 Å². The van der Waals surface area contributed by atoms with Gasteiger partial charge in [-0.05, 0) is 37.4 Å². The van der Waals surface area contributed by atoms with Crippen molar-refractivity contribution in [2.75, 3.05) is 31.5 Å². The van der Waals surface area contributed by atoms with Gasteiger partial charge in [0, 0.05) is 24.3 Å². The maximum absolute atomic E-state index is 10.9. The van der Waals surface area contributed by atoms with Gasteiger partial charge in [0.2, 0.25) is 5.91 Å². The van der Waals surface area contributed by atoms with Gasteiger partial charge in [0.25, 0.3) is 0 Å². The zero-order valence-corrected chi connectivity index (χ0v) is 11.6. The van der Waals surface area contributed by atoms with Gasteiger partial charge >= 0.3 is 0 Å². The monoisotopic (exact) mass is 265 g/mol. The standard InChI is InChI=1S/C14H23N3O2/c1-3-17(4-2)10-13(18)9-16-12-7-5-11(6-8-12)14(15)19/h5-8,13,16,18H,3-4,9-10H2,1-2H3,(H2,15,19). The number of aliphatic hydroxyl groups is 1. The molecule has 1 amide bonds. The number of carbonyl (C=O) groups is 1. The highest BCUT2D eigenvalue weighted by Crippen LogP contribution is 2.09. The lowest BCUT2D eigenvalue weighted by Gasteiger charge is -2.22. The summed E-state index contributed by atoms with van der Waals surface area (Å²) in [5.74, 6) is -0.437. The van der Waals surface area contributed by atoms with Crippen molar-refractivity contribution >= 4 is 11.6 Å². The third kappa shape index (κ3) is 5.28. The smallest absolute Gasteiger partial charge is 0.248 e. The normalized spacial score (nSPS) is 12.4. The van der Waals surface area contributed by atoms with Gasteiger partial charge < -0.3 is 21.1 Å². The van der Waals surface area contributed by atoms with Gasteiger partial charge in [-0.25, -0.2) is 0 Å². The second-order valence-electron chi connectivity index (χ2n) is 4.46. The molecule has 0 aliphatic rings. The zero-order chi connectivity index (χ0) is 14.3. The van der Waals surface area contributed by atoms with Crippen LogP contribution in [0.25, 0.3) is 0 Å². The van der Waals surface area contributed by atoms with E-state index >= 15 is 0 Å². The third-order valence-electron chi connectivity index (χ3n) is 3.07. The Hall–Kier alpha value is -1.59. The van der Waals surface area contributed by atoms with Crippen molar-refractivity contribution < 1.29 is 9.90 Å². The molecule has 0 saturated carbocycles. The lowest BCUT2D eigenvalue weighted by Crippen LogP contribution is -2.35. The summed E-state index contributed by atoms with van der Waals surface area (Å²) in [5, 5.41) is 13.0. The highest BCUT2D eigenvalue weighted by atomic mass is 16.3. The van der Waals surface area contributed by atoms with Crippen LogP contribution in [0.1, 0.15) is 24.2 Å². The van der Waals surface area contributed by atoms with Crippen LogP contribution in [-0.4, -0.2) is 48.2 Å². The van der Waals surface area contributed by atoms with Crippen LogP contribution in [0.4, 0.5) is 5.69 Å². The van der Waals surface area contributed by atoms with E-state index in [1.807, 2.05) is 0 Å². The first kappa shape index (κ1) is 15.5. The molecule has 1 aromatic rings. The highest BCUT2D eigenvalue weighted by Gasteiger charge is 2.08. The molecule has 0 aliphatic carbocycles. The minimum absolute atomic E-state index is 0.421. The summed E-state index contributed by atoms with van der Waals surface area (Å²) in [7, 11) is 0. The molecule has 19 heavy (non-hydrogen) atoms. The van der Waals surface area contributed by atoms with Crippen LogP contribution in [0.5, 0.6) is 0 Å². The molecular formula is C14H23N3O2. The van der Waals surface area contributed by atoms with E-state index in [0.717, 1.165) is 18.8 Å². The number of anilines is 1. The van der Waals surface area contributed by atoms with Crippen LogP contribution in [0.3, 0.4) is 0 Å². The van der Waals surface area contributed by atoms with Gasteiger partial charge in [0.15, 0.2) is 0 Å². The van der Waals surface area contributed by atoms with Crippen molar-refractivity contribution in [3.05, 3.63) is 29.8 Å². The fraction of sp³-hybridized carbons (Fsp3) is 0.500. The van der Waals surface area contributed by atoms with Crippen LogP contribution in [-0.2, 0) is 0 Å². The Morgan fingerprint density at radius 2 is 1.89 bits per heavy atom. The summed E-state index contributed by atoms with van der Waals surface area (Å²) < 4.78 is 0. The van der Waals surface area contributed by atoms with Gasteiger partial charge in [-0.1, -0.05) is 13.8 Å². The largest absolute Gasteiger partial charge is 0.390 e. The molecule has 5 nitrogen and oxygen atoms in total. The van der Waals surface area contributed by atoms with Crippen molar-refractivity contribution in [3.63, 3.8) is 0 Å². The number of aliphatic hydroxyl groups excluding tert-OH is 1. The third-order valence-corrected chi connectivity index (χ3v) is 3.07. The molecule has 1 unspecified atom stereocenters. The number of hydrogen-bond acceptors (Lipinski definition) is 4. The van der Waals surface area contributed by atoms with E-state index in [9.17, 15) is 9.90 Å². The van der Waals surface area contributed by atoms with Crippen LogP contribution >= 0.6 is 0 Å². The van der Waals surface area contributed by atoms with Crippen molar-refractivity contribution in [2.45, 2.75) is 20.0 Å². The van der Waals surface area contributed by atoms with Crippen LogP contribution in [0.15, 0.2) is 24.3 Å². The molecule has 0 fully saturated rings. The van der Waals surface area contributed by atoms with Crippen molar-refractivity contribution in [3.8, 4) is 0 Å². The minimum Gasteiger partial charge on any atom is -0.390 e. The molecule has 0 bridgehead atoms. The molecule has 1 rings (SSSR count). The second kappa shape index (κ2) is 7.76. The zero-order valence-electron chi connectivity index (χ0n) is 11.6. The Morgan fingerprint density at radius 3 is 2.37 bits per heavy atom. The lowest BCUT2D eigenvalue weighted by atomic mass is 10.2. The molecule has 5 heteroatoms. The SMILES string of the molecule is CCN(CC)CC(O)CNc1ccc(C(N)=O)cc1. The van der Waals surface area contributed by atoms with Gasteiger partial charge in [-0.3, -0.25) is 4.79 Å². The van der Waals surface area contributed by atoms with E-state index in [-0.39, 0.29) is 0 Å². The van der Waals surface area contributed by atoms with Crippen molar-refractivity contribution in [1.82, 2.24) is 4.90 Å². The summed E-state index contributed by atoms with van der Waals surface area (Å²) in [6.07, 6.45) is -0.421. The molecule has 0 aliphatic heterocycles. The number of primary amides is 1. The average Bonchev–Trinajstić information content (AvgIpc) is 2.43. The molecule has 0 spiro atoms. The van der Waals surface area contributed by atoms with E-state index in [1.54, 1.807) is 24.3 Å². The molecule has 1 atom stereocenters. The molecule has 0 saturated heterocycles. The number of amides is 1. The number of carbonyl (C=O) groups excluding carboxylic acids is 1. The van der Waals surface area contributed by atoms with E-state index in [1.165, 1.54) is 0 Å². The summed E-state index contributed by atoms with van der Waals surface area (Å²) in [4.78, 5) is 13.1. The summed E-state index contributed by atoms with van der Waals surface area (Å²) in [6.45, 7) is 7.14. The maximum atomic E-state index is 10.9. The Bertz CT molecular complexity index is 388. The average molecular weight is 265 g/mol. The van der Waals surface area contributed by atoms with Gasteiger partial charge in [0.1, 0.15) is 0 Å². The molecule has 0 radical (unpaired) electrons. The Kier molecular flexibility index (Phi) is 6.32. The first-order valence-electron chi connectivity index (χ1n) is 6.61. The fourth-order valence-corrected chi connectivity index (χ4v) is 1.83. The summed E-state index contributed by atoms with van der Waals surface area (Å²) in [5.41, 5.74) is 6.51. The van der Waals surface area contributed by atoms with Gasteiger partial charge in [-0.15, -0.1) is 0 Å². The Labute approximate surface area is 114 Å². The fourth-order valence-electron chi connectivity index (χ4n) is 1.83. The van der Waals surface area contributed by atoms with Crippen LogP contribution in [0, 0.1) is 0 Å². The Morgan fingerprint density at radius 1 is 1.32 bits per heavy atom. The molecule has 0 aromatic heterocycles. The number of nitrogens with zero attached hydrogens (tertiary/aromatic N) is 1. The summed E-state index contributed by atoms with van der Waals surface area (Å²) >= 11 is 0. The molecule has 0 heterocycles. The molecule has 1 aromatic carbocycles. The first-order chi connectivity index (χ1) is 9.06. The quantitative estimate of drug-likeness (QED) is 0.652. The number of nitrogens with one attached hydrogen (secondary N) is 1. The Balaban J connectivity index is 2.41. The first-order valence-corrected chi connectivity index (χ1v) is 6.61. The van der Waals surface area contributed by atoms with Gasteiger partial charge in [-0.2, -0.15) is 0 Å². The number of hydrogen-bond donors (Lipinski definition) is 3. The number of benzene rings is 1. The second-order valence-corrected chi connectivity index (χ2v) is 4.46. The highest BCUT2D eigenvalue weighted by molar-refractivity contribution is 5.93. The maximum Gasteiger partial charge on any atom is 0.248 e. The van der Waals surface area contributed by atoms with E-state index < -0.39 is 12.0 Å². The number of likely N-dealkylation sites (N-methyl/N-ethyl adjacent to an activating group) is 1. The molecular weight excluding hydrogens is 242 g/mol. The number of nitrogens with two attached hydrogens (primary N) is 1. The van der Waals surface area contributed by atoms with E-state index in [4.69, 9.17) is 5.73 Å². The molecule has 106 valence electrons. The van der Waals surface area contributed by atoms with Crippen molar-refractivity contribution in [2.24, 2.45) is 5.73 Å².